The lowest BCUT2D eigenvalue weighted by molar-refractivity contribution is 0.166. The Kier molecular flexibility index (Phi) is 7.22. The molecule has 23 heavy (non-hydrogen) atoms. The molecule has 1 heterocycles. The van der Waals surface area contributed by atoms with Gasteiger partial charge in [-0.15, -0.1) is 0 Å². The van der Waals surface area contributed by atoms with E-state index in [0.29, 0.717) is 0 Å². The van der Waals surface area contributed by atoms with Crippen molar-refractivity contribution in [2.75, 3.05) is 36.8 Å². The lowest BCUT2D eigenvalue weighted by Crippen LogP contribution is -2.45. The SMILES string of the molecule is CCCCCN(CCC)C1CCN(c2ccc(N)cc2C)CC1. The topological polar surface area (TPSA) is 32.5 Å². The summed E-state index contributed by atoms with van der Waals surface area (Å²) in [7, 11) is 0. The van der Waals surface area contributed by atoms with E-state index < -0.39 is 0 Å². The van der Waals surface area contributed by atoms with Gasteiger partial charge in [-0.2, -0.15) is 0 Å². The molecule has 2 rings (SSSR count). The molecule has 0 spiro atoms. The second-order valence-corrected chi connectivity index (χ2v) is 7.01. The molecule has 1 aliphatic rings. The van der Waals surface area contributed by atoms with Crippen molar-refractivity contribution in [3.05, 3.63) is 23.8 Å². The lowest BCUT2D eigenvalue weighted by atomic mass is 10.0. The fourth-order valence-corrected chi connectivity index (χ4v) is 3.83. The van der Waals surface area contributed by atoms with Crippen LogP contribution in [0.15, 0.2) is 18.2 Å². The summed E-state index contributed by atoms with van der Waals surface area (Å²) >= 11 is 0. The monoisotopic (exact) mass is 317 g/mol. The molecule has 0 atom stereocenters. The number of piperidine rings is 1. The van der Waals surface area contributed by atoms with E-state index in [1.807, 2.05) is 6.07 Å². The molecule has 130 valence electrons. The van der Waals surface area contributed by atoms with Gasteiger partial charge in [-0.25, -0.2) is 0 Å². The molecule has 0 aliphatic carbocycles. The summed E-state index contributed by atoms with van der Waals surface area (Å²) < 4.78 is 0. The lowest BCUT2D eigenvalue weighted by Gasteiger charge is -2.40. The molecule has 0 unspecified atom stereocenters. The van der Waals surface area contributed by atoms with Gasteiger partial charge in [0.25, 0.3) is 0 Å². The predicted octanol–water partition coefficient (Wildman–Crippen LogP) is 4.45. The van der Waals surface area contributed by atoms with Gasteiger partial charge in [0.15, 0.2) is 0 Å². The number of nitrogens with two attached hydrogens (primary N) is 1. The van der Waals surface area contributed by atoms with E-state index in [-0.39, 0.29) is 0 Å². The zero-order valence-electron chi connectivity index (χ0n) is 15.4. The van der Waals surface area contributed by atoms with E-state index in [9.17, 15) is 0 Å². The van der Waals surface area contributed by atoms with Gasteiger partial charge in [0.2, 0.25) is 0 Å². The van der Waals surface area contributed by atoms with Crippen molar-refractivity contribution in [2.45, 2.75) is 65.3 Å². The standard InChI is InChI=1S/C20H35N3/c1-4-6-7-13-22(12-5-2)19-10-14-23(15-11-19)20-9-8-18(21)16-17(20)3/h8-9,16,19H,4-7,10-15,21H2,1-3H3. The zero-order chi connectivity index (χ0) is 16.7. The number of unbranched alkanes of at least 4 members (excludes halogenated alkanes) is 2. The summed E-state index contributed by atoms with van der Waals surface area (Å²) in [4.78, 5) is 5.30. The summed E-state index contributed by atoms with van der Waals surface area (Å²) in [6, 6.07) is 7.09. The van der Waals surface area contributed by atoms with Crippen molar-refractivity contribution in [1.29, 1.82) is 0 Å². The van der Waals surface area contributed by atoms with Crippen LogP contribution < -0.4 is 10.6 Å². The van der Waals surface area contributed by atoms with E-state index in [4.69, 9.17) is 5.73 Å². The van der Waals surface area contributed by atoms with Crippen LogP contribution in [0.2, 0.25) is 0 Å². The molecule has 1 saturated heterocycles. The van der Waals surface area contributed by atoms with Gasteiger partial charge in [0, 0.05) is 30.5 Å². The largest absolute Gasteiger partial charge is 0.399 e. The molecular formula is C20H35N3. The molecule has 2 N–H and O–H groups in total. The quantitative estimate of drug-likeness (QED) is 0.568. The molecule has 0 radical (unpaired) electrons. The number of aryl methyl sites for hydroxylation is 1. The average molecular weight is 318 g/mol. The molecule has 3 nitrogen and oxygen atoms in total. The van der Waals surface area contributed by atoms with Gasteiger partial charge in [-0.1, -0.05) is 26.7 Å². The third-order valence-corrected chi connectivity index (χ3v) is 5.10. The van der Waals surface area contributed by atoms with Gasteiger partial charge >= 0.3 is 0 Å². The third-order valence-electron chi connectivity index (χ3n) is 5.10. The first kappa shape index (κ1) is 18.1. The summed E-state index contributed by atoms with van der Waals surface area (Å²) in [5.74, 6) is 0. The molecule has 1 fully saturated rings. The molecule has 0 amide bonds. The number of anilines is 2. The van der Waals surface area contributed by atoms with Crippen LogP contribution in [-0.4, -0.2) is 37.1 Å². The summed E-state index contributed by atoms with van der Waals surface area (Å²) in [5, 5.41) is 0. The summed E-state index contributed by atoms with van der Waals surface area (Å²) in [6.07, 6.45) is 7.88. The van der Waals surface area contributed by atoms with Crippen LogP contribution in [0.1, 0.15) is 57.9 Å². The minimum atomic E-state index is 0.775. The minimum absolute atomic E-state index is 0.775. The Morgan fingerprint density at radius 2 is 1.83 bits per heavy atom. The zero-order valence-corrected chi connectivity index (χ0v) is 15.4. The number of hydrogen-bond donors (Lipinski definition) is 1. The molecule has 1 aromatic rings. The van der Waals surface area contributed by atoms with Crippen molar-refractivity contribution in [2.24, 2.45) is 0 Å². The van der Waals surface area contributed by atoms with Crippen molar-refractivity contribution >= 4 is 11.4 Å². The maximum atomic E-state index is 5.88. The average Bonchev–Trinajstić information content (AvgIpc) is 2.55. The number of nitrogen functional groups attached to an aromatic ring is 1. The van der Waals surface area contributed by atoms with Crippen molar-refractivity contribution in [3.63, 3.8) is 0 Å². The molecule has 1 aromatic carbocycles. The van der Waals surface area contributed by atoms with Crippen LogP contribution in [0, 0.1) is 6.92 Å². The Morgan fingerprint density at radius 3 is 2.43 bits per heavy atom. The number of nitrogens with zero attached hydrogens (tertiary/aromatic N) is 2. The van der Waals surface area contributed by atoms with Crippen LogP contribution in [0.25, 0.3) is 0 Å². The molecule has 1 aliphatic heterocycles. The van der Waals surface area contributed by atoms with Crippen LogP contribution in [0.3, 0.4) is 0 Å². The van der Waals surface area contributed by atoms with Gasteiger partial charge in [0.05, 0.1) is 0 Å². The number of benzene rings is 1. The Balaban J connectivity index is 1.90. The van der Waals surface area contributed by atoms with E-state index in [0.717, 1.165) is 11.7 Å². The Hall–Kier alpha value is -1.22. The fourth-order valence-electron chi connectivity index (χ4n) is 3.83. The van der Waals surface area contributed by atoms with E-state index in [1.54, 1.807) is 0 Å². The first-order valence-corrected chi connectivity index (χ1v) is 9.50. The number of rotatable bonds is 8. The first-order chi connectivity index (χ1) is 11.2. The van der Waals surface area contributed by atoms with Gasteiger partial charge < -0.3 is 15.5 Å². The maximum absolute atomic E-state index is 5.88. The minimum Gasteiger partial charge on any atom is -0.399 e. The van der Waals surface area contributed by atoms with Gasteiger partial charge in [0.1, 0.15) is 0 Å². The van der Waals surface area contributed by atoms with Crippen LogP contribution >= 0.6 is 0 Å². The molecule has 3 heteroatoms. The Bertz CT molecular complexity index is 464. The first-order valence-electron chi connectivity index (χ1n) is 9.50. The van der Waals surface area contributed by atoms with Crippen molar-refractivity contribution < 1.29 is 0 Å². The number of hydrogen-bond acceptors (Lipinski definition) is 3. The third kappa shape index (κ3) is 5.13. The second-order valence-electron chi connectivity index (χ2n) is 7.01. The normalized spacial score (nSPS) is 16.3. The van der Waals surface area contributed by atoms with Crippen molar-refractivity contribution in [3.8, 4) is 0 Å². The van der Waals surface area contributed by atoms with Crippen LogP contribution in [-0.2, 0) is 0 Å². The predicted molar refractivity (Wildman–Crippen MR) is 102 cm³/mol. The smallest absolute Gasteiger partial charge is 0.0397 e. The fraction of sp³-hybridized carbons (Fsp3) is 0.700. The van der Waals surface area contributed by atoms with Crippen LogP contribution in [0.4, 0.5) is 11.4 Å². The Labute approximate surface area is 142 Å². The molecule has 0 bridgehead atoms. The van der Waals surface area contributed by atoms with Gasteiger partial charge in [-0.3, -0.25) is 0 Å². The Morgan fingerprint density at radius 1 is 1.09 bits per heavy atom. The highest BCUT2D eigenvalue weighted by molar-refractivity contribution is 5.59. The van der Waals surface area contributed by atoms with Crippen molar-refractivity contribution in [1.82, 2.24) is 4.90 Å². The van der Waals surface area contributed by atoms with E-state index >= 15 is 0 Å². The summed E-state index contributed by atoms with van der Waals surface area (Å²) in [6.45, 7) is 11.7. The van der Waals surface area contributed by atoms with Gasteiger partial charge in [-0.05, 0) is 69.5 Å². The highest BCUT2D eigenvalue weighted by Gasteiger charge is 2.24. The maximum Gasteiger partial charge on any atom is 0.0397 e. The molecule has 0 saturated carbocycles. The highest BCUT2D eigenvalue weighted by Crippen LogP contribution is 2.27. The highest BCUT2D eigenvalue weighted by atomic mass is 15.2. The second kappa shape index (κ2) is 9.17. The molecule has 0 aromatic heterocycles. The van der Waals surface area contributed by atoms with Crippen LogP contribution in [0.5, 0.6) is 0 Å². The van der Waals surface area contributed by atoms with E-state index in [1.165, 1.54) is 76.0 Å². The summed E-state index contributed by atoms with van der Waals surface area (Å²) in [5.41, 5.74) is 9.42. The van der Waals surface area contributed by atoms with E-state index in [2.05, 4.69) is 42.7 Å². The molecular weight excluding hydrogens is 282 g/mol.